The summed E-state index contributed by atoms with van der Waals surface area (Å²) < 4.78 is 0. The van der Waals surface area contributed by atoms with Gasteiger partial charge in [0.1, 0.15) is 0 Å². The summed E-state index contributed by atoms with van der Waals surface area (Å²) in [7, 11) is 3.34. The van der Waals surface area contributed by atoms with Crippen molar-refractivity contribution in [3.63, 3.8) is 0 Å². The fourth-order valence-electron chi connectivity index (χ4n) is 0. The molecule has 0 aliphatic heterocycles. The fourth-order valence-corrected chi connectivity index (χ4v) is 0. The first kappa shape index (κ1) is 22.9. The van der Waals surface area contributed by atoms with Gasteiger partial charge in [-0.05, 0) is 0 Å². The van der Waals surface area contributed by atoms with Gasteiger partial charge in [-0.2, -0.15) is 0 Å². The van der Waals surface area contributed by atoms with Crippen LogP contribution >= 0.6 is 19.7 Å². The third kappa shape index (κ3) is 31.1. The molecule has 0 atom stereocenters. The van der Waals surface area contributed by atoms with Gasteiger partial charge in [-0.25, -0.2) is 0 Å². The molecular weight excluding hydrogens is 234 g/mol. The maximum Gasteiger partial charge on any atom is 1.00 e. The largest absolute Gasteiger partial charge is 1.00 e. The van der Waals surface area contributed by atoms with E-state index in [4.69, 9.17) is 5.11 Å². The van der Waals surface area contributed by atoms with E-state index in [2.05, 4.69) is 23.3 Å². The van der Waals surface area contributed by atoms with Crippen LogP contribution in [0.2, 0.25) is 0 Å². The summed E-state index contributed by atoms with van der Waals surface area (Å²) in [5, 5.41) is 7.00. The summed E-state index contributed by atoms with van der Waals surface area (Å²) >= 11 is 8.66. The molecule has 0 heterocycles. The first-order valence-corrected chi connectivity index (χ1v) is 4.95. The Kier molecular flexibility index (Phi) is 85.7. The predicted molar refractivity (Wildman–Crippen MR) is 38.1 cm³/mol. The van der Waals surface area contributed by atoms with Crippen LogP contribution in [0.1, 0.15) is 0 Å². The Morgan fingerprint density at radius 1 is 1.00 bits per heavy atom. The third-order valence-corrected chi connectivity index (χ3v) is 2.25. The quantitative estimate of drug-likeness (QED) is 0.279. The van der Waals surface area contributed by atoms with Crippen molar-refractivity contribution in [2.75, 3.05) is 7.11 Å². The minimum absolute atomic E-state index is 0. The van der Waals surface area contributed by atoms with Gasteiger partial charge in [0, 0.05) is 7.11 Å². The summed E-state index contributed by atoms with van der Waals surface area (Å²) in [6.45, 7) is 0. The van der Waals surface area contributed by atoms with Crippen LogP contribution in [-0.4, -0.2) is 12.2 Å². The van der Waals surface area contributed by atoms with Crippen LogP contribution < -0.4 is 103 Å². The minimum Gasteiger partial charge on any atom is -0.709 e. The Balaban J connectivity index is -0.0000000183. The van der Waals surface area contributed by atoms with Crippen molar-refractivity contribution in [3.8, 4) is 0 Å². The molecule has 0 amide bonds. The average molecular weight is 239 g/mol. The minimum atomic E-state index is 0. The zero-order valence-electron chi connectivity index (χ0n) is 5.08. The van der Waals surface area contributed by atoms with Crippen LogP contribution in [0.4, 0.5) is 0 Å². The van der Waals surface area contributed by atoms with Gasteiger partial charge in [0.25, 0.3) is 0 Å². The van der Waals surface area contributed by atoms with Gasteiger partial charge in [-0.15, -0.1) is 0 Å². The molecule has 8 heavy (non-hydrogen) atoms. The van der Waals surface area contributed by atoms with E-state index in [1.165, 1.54) is 19.7 Å². The molecule has 0 radical (unpaired) electrons. The summed E-state index contributed by atoms with van der Waals surface area (Å²) in [6.07, 6.45) is 0. The van der Waals surface area contributed by atoms with E-state index in [1.54, 1.807) is 0 Å². The first-order valence-electron chi connectivity index (χ1n) is 0.947. The van der Waals surface area contributed by atoms with E-state index in [0.29, 0.717) is 0 Å². The second-order valence-corrected chi connectivity index (χ2v) is 3.67. The molecule has 0 spiro atoms. The Morgan fingerprint density at radius 2 is 1.12 bits per heavy atom. The third-order valence-electron chi connectivity index (χ3n) is 0.0278. The number of hydrogen-bond acceptors (Lipinski definition) is 5. The first-order chi connectivity index (χ1) is 2.91. The normalized spacial score (nSPS) is 4.50. The van der Waals surface area contributed by atoms with Gasteiger partial charge in [-0.3, -0.25) is 19.7 Å². The number of aliphatic hydroxyl groups excluding tert-OH is 1. The van der Waals surface area contributed by atoms with Crippen LogP contribution in [0.3, 0.4) is 0 Å². The zero-order chi connectivity index (χ0) is 5.41. The van der Waals surface area contributed by atoms with Crippen molar-refractivity contribution in [3.05, 3.63) is 0 Å². The Hall–Kier alpha value is 4.63. The molecule has 1 nitrogen and oxygen atoms in total. The summed E-state index contributed by atoms with van der Waals surface area (Å²) in [5.41, 5.74) is 0. The van der Waals surface area contributed by atoms with Gasteiger partial charge >= 0.3 is 103 Å². The molecule has 1 N–H and O–H groups in total. The second kappa shape index (κ2) is 29.9. The molecule has 0 rings (SSSR count). The van der Waals surface area contributed by atoms with E-state index < -0.39 is 0 Å². The molecule has 0 aliphatic rings. The maximum absolute atomic E-state index is 7.00. The standard InChI is InChI=1S/CH4O.2K.H2S4/c1-2;;;1-3-4-2/h2H,1H3;;;1-2H/q;2*+1;/p-2. The van der Waals surface area contributed by atoms with Crippen molar-refractivity contribution in [1.82, 2.24) is 0 Å². The average Bonchev–Trinajstić information content (AvgIpc) is 1.72. The maximum atomic E-state index is 7.00. The molecule has 0 aromatic rings. The van der Waals surface area contributed by atoms with Crippen molar-refractivity contribution in [2.45, 2.75) is 0 Å². The Bertz CT molecular complexity index is 16.0. The number of hydrogen-bond donors (Lipinski definition) is 1. The van der Waals surface area contributed by atoms with Crippen LogP contribution in [0.5, 0.6) is 0 Å². The number of aliphatic hydroxyl groups is 1. The Morgan fingerprint density at radius 3 is 1.12 bits per heavy atom. The van der Waals surface area contributed by atoms with Crippen LogP contribution in [0, 0.1) is 0 Å². The fraction of sp³-hybridized carbons (Fsp3) is 1.00. The summed E-state index contributed by atoms with van der Waals surface area (Å²) in [4.78, 5) is 0. The molecular formula is CH4K2OS4. The smallest absolute Gasteiger partial charge is 0.709 e. The van der Waals surface area contributed by atoms with E-state index >= 15 is 0 Å². The molecule has 0 aromatic heterocycles. The van der Waals surface area contributed by atoms with Crippen molar-refractivity contribution < 1.29 is 108 Å². The topological polar surface area (TPSA) is 20.2 Å². The van der Waals surface area contributed by atoms with Crippen molar-refractivity contribution in [2.24, 2.45) is 0 Å². The second-order valence-electron chi connectivity index (χ2n) is 0.136. The summed E-state index contributed by atoms with van der Waals surface area (Å²) in [6, 6.07) is 0. The SMILES string of the molecule is CO.[K+].[K+].[S-]SS[S-]. The monoisotopic (exact) mass is 238 g/mol. The molecule has 7 heteroatoms. The van der Waals surface area contributed by atoms with Gasteiger partial charge < -0.3 is 28.4 Å². The molecule has 0 aliphatic carbocycles. The zero-order valence-corrected chi connectivity index (χ0v) is 14.6. The summed E-state index contributed by atoms with van der Waals surface area (Å²) in [5.74, 6) is 0. The predicted octanol–water partition coefficient (Wildman–Crippen LogP) is -5.09. The van der Waals surface area contributed by atoms with Crippen LogP contribution in [-0.2, 0) is 23.3 Å². The molecule has 0 saturated carbocycles. The molecule has 40 valence electrons. The van der Waals surface area contributed by atoms with E-state index in [-0.39, 0.29) is 103 Å². The van der Waals surface area contributed by atoms with E-state index in [0.717, 1.165) is 7.11 Å². The Labute approximate surface area is 153 Å². The molecule has 0 fully saturated rings. The van der Waals surface area contributed by atoms with Gasteiger partial charge in [0.15, 0.2) is 0 Å². The van der Waals surface area contributed by atoms with Gasteiger partial charge in [0.2, 0.25) is 0 Å². The van der Waals surface area contributed by atoms with Gasteiger partial charge in [0.05, 0.1) is 0 Å². The molecule has 0 aromatic carbocycles. The van der Waals surface area contributed by atoms with E-state index in [1.807, 2.05) is 0 Å². The van der Waals surface area contributed by atoms with Crippen molar-refractivity contribution >= 4 is 43.0 Å². The molecule has 0 saturated heterocycles. The molecule has 0 bridgehead atoms. The van der Waals surface area contributed by atoms with Gasteiger partial charge in [-0.1, -0.05) is 0 Å². The van der Waals surface area contributed by atoms with E-state index in [9.17, 15) is 0 Å². The van der Waals surface area contributed by atoms with Crippen LogP contribution in [0.15, 0.2) is 0 Å². The number of rotatable bonds is 1. The molecule has 0 unspecified atom stereocenters. The van der Waals surface area contributed by atoms with Crippen LogP contribution in [0.25, 0.3) is 0 Å². The van der Waals surface area contributed by atoms with Crippen molar-refractivity contribution in [1.29, 1.82) is 0 Å².